The number of aromatic nitrogens is 1. The summed E-state index contributed by atoms with van der Waals surface area (Å²) in [4.78, 5) is 9.88. The Bertz CT molecular complexity index is 3430. The van der Waals surface area contributed by atoms with Gasteiger partial charge in [-0.1, -0.05) is 131 Å². The molecule has 0 saturated heterocycles. The van der Waals surface area contributed by atoms with Crippen LogP contribution in [0.1, 0.15) is 74.0 Å². The zero-order valence-electron chi connectivity index (χ0n) is 37.9. The van der Waals surface area contributed by atoms with Crippen molar-refractivity contribution in [2.75, 3.05) is 16.3 Å². The summed E-state index contributed by atoms with van der Waals surface area (Å²) in [7, 11) is 0. The largest absolute Gasteiger partial charge is 0.382 e. The molecule has 6 aliphatic rings. The fraction of sp³-hybridized carbons (Fsp3) is 0.183. The van der Waals surface area contributed by atoms with Crippen LogP contribution in [0.4, 0.5) is 22.7 Å². The Kier molecular flexibility index (Phi) is 8.67. The molecule has 0 amide bonds. The fourth-order valence-electron chi connectivity index (χ4n) is 11.6. The summed E-state index contributed by atoms with van der Waals surface area (Å²) in [5, 5.41) is 19.8. The van der Waals surface area contributed by atoms with Gasteiger partial charge in [0.05, 0.1) is 29.2 Å². The SMILES string of the molecule is CC(C)c1cc(N(C2=CC=C3C=CC4=C(NCC=C4)C3N2)c2ccccc2)c2cc3c4c(cc(N(C5=CC=C6C=Cc7cccnc7C6N5)c5ccccc5)c5ccc1c2c54)CCC3(C)C. The number of para-hydroxylation sites is 2. The summed E-state index contributed by atoms with van der Waals surface area (Å²) >= 11 is 0. The Morgan fingerprint density at radius 3 is 2.06 bits per heavy atom. The average Bonchev–Trinajstić information content (AvgIpc) is 3.35. The number of rotatable bonds is 7. The van der Waals surface area contributed by atoms with Crippen LogP contribution in [0.15, 0.2) is 198 Å². The molecule has 3 aliphatic carbocycles. The Labute approximate surface area is 386 Å². The number of dihydropyridines is 3. The molecule has 2 atom stereocenters. The van der Waals surface area contributed by atoms with Crippen molar-refractivity contribution in [3.63, 3.8) is 0 Å². The number of nitrogens with zero attached hydrogens (tertiary/aromatic N) is 3. The van der Waals surface area contributed by atoms with E-state index in [9.17, 15) is 0 Å². The van der Waals surface area contributed by atoms with Crippen molar-refractivity contribution in [3.05, 3.63) is 226 Å². The van der Waals surface area contributed by atoms with Gasteiger partial charge in [0.25, 0.3) is 0 Å². The molecular formula is C60H52N6. The standard InChI is InChI=1S/C60H52N6/c1-36(2)46-35-50(66(43-17-9-6-10-18-43)52-28-24-40-22-20-38-14-12-32-62-57(38)59(40)64-52)47-34-48-53-41(29-30-60(48,3)4)33-49(45-26-25-44(46)54(47)55(45)53)65(42-15-7-5-8-16-42)51-27-23-39-21-19-37-13-11-31-61-56(37)58(39)63-51/h5-28,31,33-36,58-59,62-64H,29-30,32H2,1-4H3. The van der Waals surface area contributed by atoms with Gasteiger partial charge >= 0.3 is 0 Å². The van der Waals surface area contributed by atoms with E-state index in [-0.39, 0.29) is 23.4 Å². The van der Waals surface area contributed by atoms with Gasteiger partial charge < -0.3 is 16.0 Å². The number of allylic oxidation sites excluding steroid dienone is 7. The molecular weight excluding hydrogens is 805 g/mol. The number of fused-ring (bicyclic) bond motifs is 5. The first-order chi connectivity index (χ1) is 32.3. The summed E-state index contributed by atoms with van der Waals surface area (Å²) in [6.45, 7) is 10.4. The van der Waals surface area contributed by atoms with E-state index in [1.807, 2.05) is 12.3 Å². The van der Waals surface area contributed by atoms with Crippen LogP contribution < -0.4 is 25.8 Å². The van der Waals surface area contributed by atoms with E-state index in [4.69, 9.17) is 4.98 Å². The molecule has 0 bridgehead atoms. The topological polar surface area (TPSA) is 55.5 Å². The molecule has 322 valence electrons. The molecule has 0 fully saturated rings. The minimum absolute atomic E-state index is 0.0159. The van der Waals surface area contributed by atoms with Crippen LogP contribution in [-0.2, 0) is 11.8 Å². The van der Waals surface area contributed by atoms with Gasteiger partial charge in [0.2, 0.25) is 0 Å². The molecule has 6 heteroatoms. The second-order valence-electron chi connectivity index (χ2n) is 19.6. The molecule has 13 rings (SSSR count). The predicted molar refractivity (Wildman–Crippen MR) is 274 cm³/mol. The number of aryl methyl sites for hydroxylation is 1. The molecule has 3 N–H and O–H groups in total. The zero-order valence-corrected chi connectivity index (χ0v) is 37.9. The molecule has 66 heavy (non-hydrogen) atoms. The van der Waals surface area contributed by atoms with Crippen molar-refractivity contribution in [2.45, 2.75) is 64.0 Å². The van der Waals surface area contributed by atoms with Crippen LogP contribution in [-0.4, -0.2) is 17.6 Å². The lowest BCUT2D eigenvalue weighted by Crippen LogP contribution is -2.45. The summed E-state index contributed by atoms with van der Waals surface area (Å²) in [6, 6.07) is 38.4. The minimum Gasteiger partial charge on any atom is -0.382 e. The van der Waals surface area contributed by atoms with Crippen molar-refractivity contribution in [3.8, 4) is 0 Å². The van der Waals surface area contributed by atoms with E-state index in [1.165, 1.54) is 82.8 Å². The molecule has 1 aromatic heterocycles. The van der Waals surface area contributed by atoms with Gasteiger partial charge in [-0.15, -0.1) is 0 Å². The maximum atomic E-state index is 4.92. The molecule has 3 aliphatic heterocycles. The van der Waals surface area contributed by atoms with Crippen molar-refractivity contribution in [2.24, 2.45) is 0 Å². The lowest BCUT2D eigenvalue weighted by atomic mass is 9.70. The highest BCUT2D eigenvalue weighted by molar-refractivity contribution is 6.30. The molecule has 0 radical (unpaired) electrons. The van der Waals surface area contributed by atoms with Crippen LogP contribution >= 0.6 is 0 Å². The molecule has 6 nitrogen and oxygen atoms in total. The van der Waals surface area contributed by atoms with Gasteiger partial charge in [-0.05, 0) is 140 Å². The van der Waals surface area contributed by atoms with Gasteiger partial charge in [-0.25, -0.2) is 0 Å². The van der Waals surface area contributed by atoms with Gasteiger partial charge in [0.15, 0.2) is 0 Å². The Balaban J connectivity index is 1.08. The van der Waals surface area contributed by atoms with Gasteiger partial charge in [-0.2, -0.15) is 0 Å². The number of benzene rings is 6. The lowest BCUT2D eigenvalue weighted by molar-refractivity contribution is 0.475. The van der Waals surface area contributed by atoms with Gasteiger partial charge in [-0.3, -0.25) is 14.8 Å². The van der Waals surface area contributed by atoms with Crippen LogP contribution in [0.25, 0.3) is 38.4 Å². The van der Waals surface area contributed by atoms with E-state index in [1.54, 1.807) is 0 Å². The summed E-state index contributed by atoms with van der Waals surface area (Å²) in [6.07, 6.45) is 26.5. The summed E-state index contributed by atoms with van der Waals surface area (Å²) in [5.74, 6) is 2.36. The van der Waals surface area contributed by atoms with Crippen LogP contribution in [0.2, 0.25) is 0 Å². The zero-order chi connectivity index (χ0) is 44.3. The molecule has 6 aromatic carbocycles. The smallest absolute Gasteiger partial charge is 0.111 e. The normalized spacial score (nSPS) is 19.8. The third kappa shape index (κ3) is 5.90. The maximum Gasteiger partial charge on any atom is 0.111 e. The first-order valence-electron chi connectivity index (χ1n) is 23.7. The number of anilines is 4. The second-order valence-corrected chi connectivity index (χ2v) is 19.6. The highest BCUT2D eigenvalue weighted by Crippen LogP contribution is 2.54. The average molecular weight is 857 g/mol. The summed E-state index contributed by atoms with van der Waals surface area (Å²) < 4.78 is 0. The van der Waals surface area contributed by atoms with Crippen LogP contribution in [0.3, 0.4) is 0 Å². The molecule has 0 saturated carbocycles. The van der Waals surface area contributed by atoms with Crippen molar-refractivity contribution >= 4 is 61.1 Å². The van der Waals surface area contributed by atoms with E-state index >= 15 is 0 Å². The number of hydrogen-bond donors (Lipinski definition) is 3. The number of pyridine rings is 1. The number of nitrogens with one attached hydrogen (secondary N) is 3. The van der Waals surface area contributed by atoms with E-state index in [0.29, 0.717) is 0 Å². The third-order valence-electron chi connectivity index (χ3n) is 14.9. The lowest BCUT2D eigenvalue weighted by Gasteiger charge is -2.40. The Morgan fingerprint density at radius 1 is 0.636 bits per heavy atom. The Hall–Kier alpha value is -7.57. The summed E-state index contributed by atoms with van der Waals surface area (Å²) in [5.41, 5.74) is 15.9. The number of hydrogen-bond acceptors (Lipinski definition) is 6. The van der Waals surface area contributed by atoms with Crippen LogP contribution in [0, 0.1) is 0 Å². The molecule has 0 spiro atoms. The van der Waals surface area contributed by atoms with Gasteiger partial charge in [0.1, 0.15) is 11.6 Å². The molecule has 7 aromatic rings. The van der Waals surface area contributed by atoms with E-state index in [2.05, 4.69) is 211 Å². The second kappa shape index (κ2) is 14.7. The monoisotopic (exact) mass is 856 g/mol. The first-order valence-corrected chi connectivity index (χ1v) is 23.7. The van der Waals surface area contributed by atoms with Crippen molar-refractivity contribution in [1.29, 1.82) is 0 Å². The fourth-order valence-corrected chi connectivity index (χ4v) is 11.6. The minimum atomic E-state index is -0.0606. The molecule has 4 heterocycles. The third-order valence-corrected chi connectivity index (χ3v) is 14.9. The quantitative estimate of drug-likeness (QED) is 0.139. The van der Waals surface area contributed by atoms with Gasteiger partial charge in [0, 0.05) is 46.0 Å². The van der Waals surface area contributed by atoms with Crippen molar-refractivity contribution in [1.82, 2.24) is 20.9 Å². The highest BCUT2D eigenvalue weighted by atomic mass is 15.3. The van der Waals surface area contributed by atoms with Crippen molar-refractivity contribution < 1.29 is 0 Å². The Morgan fingerprint density at radius 2 is 1.32 bits per heavy atom. The highest BCUT2D eigenvalue weighted by Gasteiger charge is 2.36. The molecule has 2 unspecified atom stereocenters. The predicted octanol–water partition coefficient (Wildman–Crippen LogP) is 13.5. The van der Waals surface area contributed by atoms with E-state index in [0.717, 1.165) is 53.7 Å². The van der Waals surface area contributed by atoms with E-state index < -0.39 is 0 Å². The maximum absolute atomic E-state index is 4.92. The van der Waals surface area contributed by atoms with Crippen LogP contribution in [0.5, 0.6) is 0 Å². The first kappa shape index (κ1) is 38.9.